The van der Waals surface area contributed by atoms with Crippen molar-refractivity contribution in [2.75, 3.05) is 13.1 Å². The summed E-state index contributed by atoms with van der Waals surface area (Å²) in [6.07, 6.45) is 2.76. The van der Waals surface area contributed by atoms with Crippen LogP contribution in [0, 0.1) is 0 Å². The van der Waals surface area contributed by atoms with Crippen LogP contribution in [-0.4, -0.2) is 35.8 Å². The third kappa shape index (κ3) is 3.31. The van der Waals surface area contributed by atoms with E-state index in [4.69, 9.17) is 0 Å². The first-order valence-electron chi connectivity index (χ1n) is 9.18. The van der Waals surface area contributed by atoms with Gasteiger partial charge in [0.05, 0.1) is 0 Å². The highest BCUT2D eigenvalue weighted by atomic mass is 32.1. The van der Waals surface area contributed by atoms with Crippen molar-refractivity contribution in [2.24, 2.45) is 0 Å². The maximum Gasteiger partial charge on any atom is 0.315 e. The highest BCUT2D eigenvalue weighted by molar-refractivity contribution is 7.07. The molecule has 26 heavy (non-hydrogen) atoms. The number of rotatable bonds is 5. The molecule has 4 N–H and O–H groups in total. The summed E-state index contributed by atoms with van der Waals surface area (Å²) in [6, 6.07) is 7.71. The monoisotopic (exact) mass is 371 g/mol. The van der Waals surface area contributed by atoms with Crippen LogP contribution < -0.4 is 16.0 Å². The molecule has 0 bridgehead atoms. The third-order valence-corrected chi connectivity index (χ3v) is 6.38. The van der Waals surface area contributed by atoms with Crippen molar-refractivity contribution >= 4 is 17.4 Å². The van der Waals surface area contributed by atoms with Crippen molar-refractivity contribution in [1.29, 1.82) is 0 Å². The average molecular weight is 372 g/mol. The molecule has 1 aliphatic carbocycles. The molecule has 1 fully saturated rings. The molecule has 4 rings (SSSR count). The minimum absolute atomic E-state index is 0.0900. The molecule has 1 aromatic heterocycles. The van der Waals surface area contributed by atoms with Gasteiger partial charge in [-0.25, -0.2) is 4.79 Å². The van der Waals surface area contributed by atoms with E-state index in [0.29, 0.717) is 18.2 Å². The number of amides is 2. The van der Waals surface area contributed by atoms with Crippen LogP contribution in [0.4, 0.5) is 4.79 Å². The first-order valence-corrected chi connectivity index (χ1v) is 10.1. The molecule has 2 aromatic rings. The number of carbonyl (C=O) groups excluding carboxylic acids is 1. The van der Waals surface area contributed by atoms with Crippen molar-refractivity contribution < 1.29 is 9.90 Å². The molecule has 138 valence electrons. The second kappa shape index (κ2) is 6.93. The van der Waals surface area contributed by atoms with E-state index in [1.165, 1.54) is 16.7 Å². The Morgan fingerprint density at radius 2 is 2.35 bits per heavy atom. The molecule has 2 heterocycles. The molecule has 5 nitrogen and oxygen atoms in total. The molecule has 2 aliphatic rings. The van der Waals surface area contributed by atoms with E-state index in [1.54, 1.807) is 17.4 Å². The Kier molecular flexibility index (Phi) is 4.63. The van der Waals surface area contributed by atoms with E-state index in [1.807, 2.05) is 19.1 Å². The number of phenolic OH excluding ortho intramolecular Hbond substituents is 1. The Bertz CT molecular complexity index is 792. The zero-order valence-corrected chi connectivity index (χ0v) is 15.7. The lowest BCUT2D eigenvalue weighted by Crippen LogP contribution is -2.54. The summed E-state index contributed by atoms with van der Waals surface area (Å²) in [6.45, 7) is 3.56. The molecule has 6 heteroatoms. The predicted molar refractivity (Wildman–Crippen MR) is 104 cm³/mol. The molecule has 0 saturated carbocycles. The third-order valence-electron chi connectivity index (χ3n) is 5.65. The van der Waals surface area contributed by atoms with Crippen LogP contribution in [-0.2, 0) is 12.8 Å². The number of aromatic hydroxyl groups is 1. The lowest BCUT2D eigenvalue weighted by molar-refractivity contribution is 0.231. The second-order valence-electron chi connectivity index (χ2n) is 7.55. The van der Waals surface area contributed by atoms with Crippen molar-refractivity contribution in [2.45, 2.75) is 43.7 Å². The number of thiophene rings is 1. The van der Waals surface area contributed by atoms with E-state index >= 15 is 0 Å². The van der Waals surface area contributed by atoms with Crippen LogP contribution in [0.2, 0.25) is 0 Å². The van der Waals surface area contributed by atoms with Gasteiger partial charge in [0.25, 0.3) is 0 Å². The lowest BCUT2D eigenvalue weighted by atomic mass is 9.86. The quantitative estimate of drug-likeness (QED) is 0.653. The number of phenols is 1. The van der Waals surface area contributed by atoms with Gasteiger partial charge in [-0.3, -0.25) is 0 Å². The van der Waals surface area contributed by atoms with E-state index in [9.17, 15) is 9.90 Å². The van der Waals surface area contributed by atoms with Gasteiger partial charge in [-0.1, -0.05) is 6.07 Å². The summed E-state index contributed by atoms with van der Waals surface area (Å²) in [5, 5.41) is 23.7. The Morgan fingerprint density at radius 3 is 3.15 bits per heavy atom. The largest absolute Gasteiger partial charge is 0.508 e. The number of hydrogen-bond donors (Lipinski definition) is 4. The predicted octanol–water partition coefficient (Wildman–Crippen LogP) is 2.76. The average Bonchev–Trinajstić information content (AvgIpc) is 3.29. The van der Waals surface area contributed by atoms with Crippen LogP contribution >= 0.6 is 11.3 Å². The number of hydrogen-bond acceptors (Lipinski definition) is 4. The van der Waals surface area contributed by atoms with E-state index in [2.05, 4.69) is 32.8 Å². The zero-order chi connectivity index (χ0) is 18.1. The molecule has 1 unspecified atom stereocenters. The molecule has 1 aliphatic heterocycles. The first-order chi connectivity index (χ1) is 12.6. The fourth-order valence-corrected chi connectivity index (χ4v) is 5.17. The van der Waals surface area contributed by atoms with Crippen molar-refractivity contribution in [1.82, 2.24) is 16.0 Å². The molecule has 2 amide bonds. The van der Waals surface area contributed by atoms with Gasteiger partial charge in [-0.2, -0.15) is 11.3 Å². The fraction of sp³-hybridized carbons (Fsp3) is 0.450. The summed E-state index contributed by atoms with van der Waals surface area (Å²) < 4.78 is 0. The molecular formula is C20H25N3O2S. The molecule has 0 radical (unpaired) electrons. The fourth-order valence-electron chi connectivity index (χ4n) is 4.49. The summed E-state index contributed by atoms with van der Waals surface area (Å²) in [5.41, 5.74) is 3.62. The molecular weight excluding hydrogens is 346 g/mol. The highest BCUT2D eigenvalue weighted by Crippen LogP contribution is 2.46. The minimum Gasteiger partial charge on any atom is -0.508 e. The van der Waals surface area contributed by atoms with Gasteiger partial charge in [0, 0.05) is 24.0 Å². The molecule has 3 atom stereocenters. The van der Waals surface area contributed by atoms with Gasteiger partial charge in [-0.15, -0.1) is 0 Å². The Labute approximate surface area is 157 Å². The van der Waals surface area contributed by atoms with Gasteiger partial charge in [0.1, 0.15) is 5.75 Å². The molecule has 0 spiro atoms. The van der Waals surface area contributed by atoms with Crippen LogP contribution in [0.25, 0.3) is 0 Å². The number of nitrogens with one attached hydrogen (secondary N) is 3. The lowest BCUT2D eigenvalue weighted by Gasteiger charge is -2.30. The maximum atomic E-state index is 12.4. The zero-order valence-electron chi connectivity index (χ0n) is 14.9. The van der Waals surface area contributed by atoms with Gasteiger partial charge in [-0.05, 0) is 78.4 Å². The number of benzene rings is 1. The standard InChI is InChI=1S/C20H25N3O2S/c1-13(8-14-5-7-26-11-14)23-19(25)21-12-20-10-15-2-3-16(24)9-17(15)18(20)4-6-22-20/h2-3,5,7,9,11,13,18,22,24H,4,6,8,10,12H2,1H3,(H2,21,23,25)/t13?,18-,20-/m1/s1. The van der Waals surface area contributed by atoms with Crippen molar-refractivity contribution in [3.05, 3.63) is 51.7 Å². The van der Waals surface area contributed by atoms with Crippen molar-refractivity contribution in [3.8, 4) is 5.75 Å². The maximum absolute atomic E-state index is 12.4. The number of urea groups is 1. The SMILES string of the molecule is CC(Cc1ccsc1)NC(=O)NC[C@]12Cc3ccc(O)cc3[C@H]1CCN2. The van der Waals surface area contributed by atoms with E-state index in [0.717, 1.165) is 25.8 Å². The summed E-state index contributed by atoms with van der Waals surface area (Å²) >= 11 is 1.68. The van der Waals surface area contributed by atoms with E-state index < -0.39 is 0 Å². The summed E-state index contributed by atoms with van der Waals surface area (Å²) in [5.74, 6) is 0.660. The van der Waals surface area contributed by atoms with Crippen LogP contribution in [0.15, 0.2) is 35.0 Å². The van der Waals surface area contributed by atoms with Gasteiger partial charge in [0.15, 0.2) is 0 Å². The van der Waals surface area contributed by atoms with Crippen LogP contribution in [0.1, 0.15) is 36.0 Å². The highest BCUT2D eigenvalue weighted by Gasteiger charge is 2.49. The smallest absolute Gasteiger partial charge is 0.315 e. The molecule has 1 aromatic carbocycles. The second-order valence-corrected chi connectivity index (χ2v) is 8.33. The number of carbonyl (C=O) groups is 1. The van der Waals surface area contributed by atoms with Crippen LogP contribution in [0.5, 0.6) is 5.75 Å². The Morgan fingerprint density at radius 1 is 1.46 bits per heavy atom. The van der Waals surface area contributed by atoms with Gasteiger partial charge in [0.2, 0.25) is 0 Å². The number of fused-ring (bicyclic) bond motifs is 3. The summed E-state index contributed by atoms with van der Waals surface area (Å²) in [7, 11) is 0. The van der Waals surface area contributed by atoms with Crippen molar-refractivity contribution in [3.63, 3.8) is 0 Å². The Balaban J connectivity index is 1.36. The topological polar surface area (TPSA) is 73.4 Å². The van der Waals surface area contributed by atoms with Gasteiger partial charge < -0.3 is 21.1 Å². The first kappa shape index (κ1) is 17.4. The van der Waals surface area contributed by atoms with E-state index in [-0.39, 0.29) is 17.6 Å². The molecule has 1 saturated heterocycles. The summed E-state index contributed by atoms with van der Waals surface area (Å²) in [4.78, 5) is 12.4. The van der Waals surface area contributed by atoms with Crippen LogP contribution in [0.3, 0.4) is 0 Å². The van der Waals surface area contributed by atoms with Gasteiger partial charge >= 0.3 is 6.03 Å². The minimum atomic E-state index is -0.135. The Hall–Kier alpha value is -2.05. The normalized spacial score (nSPS) is 24.7.